The van der Waals surface area contributed by atoms with Gasteiger partial charge in [-0.05, 0) is 30.7 Å². The number of amides is 4. The van der Waals surface area contributed by atoms with E-state index in [0.29, 0.717) is 16.1 Å². The molecule has 8 heteroatoms. The SMILES string of the molecule is CN(Cc1ccccc1F)C(=O)CN1C(=O)NC(C)(c2ccc(Cl)cc2)C1=O. The molecule has 146 valence electrons. The number of urea groups is 1. The van der Waals surface area contributed by atoms with E-state index in [1.165, 1.54) is 18.0 Å². The molecule has 1 heterocycles. The second-order valence-corrected chi connectivity index (χ2v) is 7.23. The second kappa shape index (κ2) is 7.59. The Morgan fingerprint density at radius 2 is 1.82 bits per heavy atom. The maximum absolute atomic E-state index is 13.8. The number of carbonyl (C=O) groups is 3. The molecule has 0 radical (unpaired) electrons. The third-order valence-electron chi connectivity index (χ3n) is 4.78. The average Bonchev–Trinajstić information content (AvgIpc) is 2.88. The van der Waals surface area contributed by atoms with Crippen LogP contribution in [0, 0.1) is 5.82 Å². The maximum atomic E-state index is 13.8. The van der Waals surface area contributed by atoms with Crippen molar-refractivity contribution in [2.75, 3.05) is 13.6 Å². The number of halogens is 2. The first-order valence-corrected chi connectivity index (χ1v) is 8.97. The summed E-state index contributed by atoms with van der Waals surface area (Å²) < 4.78 is 13.8. The molecule has 1 N–H and O–H groups in total. The predicted octanol–water partition coefficient (Wildman–Crippen LogP) is 2.90. The summed E-state index contributed by atoms with van der Waals surface area (Å²) in [5, 5.41) is 3.14. The number of nitrogens with one attached hydrogen (secondary N) is 1. The van der Waals surface area contributed by atoms with Crippen molar-refractivity contribution in [2.24, 2.45) is 0 Å². The molecule has 2 aromatic carbocycles. The number of imide groups is 1. The molecule has 1 atom stereocenters. The molecule has 1 fully saturated rings. The molecule has 6 nitrogen and oxygen atoms in total. The minimum Gasteiger partial charge on any atom is -0.340 e. The van der Waals surface area contributed by atoms with Gasteiger partial charge in [0.25, 0.3) is 5.91 Å². The van der Waals surface area contributed by atoms with E-state index in [4.69, 9.17) is 11.6 Å². The van der Waals surface area contributed by atoms with E-state index >= 15 is 0 Å². The van der Waals surface area contributed by atoms with Crippen molar-refractivity contribution in [3.8, 4) is 0 Å². The lowest BCUT2D eigenvalue weighted by Gasteiger charge is -2.23. The molecule has 28 heavy (non-hydrogen) atoms. The van der Waals surface area contributed by atoms with Gasteiger partial charge >= 0.3 is 6.03 Å². The first kappa shape index (κ1) is 19.8. The first-order chi connectivity index (χ1) is 13.2. The van der Waals surface area contributed by atoms with Crippen LogP contribution in [0.25, 0.3) is 0 Å². The van der Waals surface area contributed by atoms with Gasteiger partial charge in [-0.3, -0.25) is 14.5 Å². The highest BCUT2D eigenvalue weighted by Crippen LogP contribution is 2.29. The summed E-state index contributed by atoms with van der Waals surface area (Å²) in [4.78, 5) is 39.9. The van der Waals surface area contributed by atoms with Crippen LogP contribution in [0.5, 0.6) is 0 Å². The van der Waals surface area contributed by atoms with E-state index in [1.807, 2.05) is 0 Å². The smallest absolute Gasteiger partial charge is 0.325 e. The Labute approximate surface area is 166 Å². The Morgan fingerprint density at radius 1 is 1.18 bits per heavy atom. The summed E-state index contributed by atoms with van der Waals surface area (Å²) in [5.41, 5.74) is -0.377. The van der Waals surface area contributed by atoms with Gasteiger partial charge in [0.2, 0.25) is 5.91 Å². The Morgan fingerprint density at radius 3 is 2.46 bits per heavy atom. The summed E-state index contributed by atoms with van der Waals surface area (Å²) >= 11 is 5.88. The van der Waals surface area contributed by atoms with Gasteiger partial charge in [0.15, 0.2) is 0 Å². The number of benzene rings is 2. The van der Waals surface area contributed by atoms with Gasteiger partial charge in [-0.15, -0.1) is 0 Å². The number of carbonyl (C=O) groups excluding carboxylic acids is 3. The molecule has 0 saturated carbocycles. The van der Waals surface area contributed by atoms with Crippen molar-refractivity contribution >= 4 is 29.4 Å². The molecule has 1 aliphatic rings. The van der Waals surface area contributed by atoms with Crippen LogP contribution in [0.4, 0.5) is 9.18 Å². The predicted molar refractivity (Wildman–Crippen MR) is 102 cm³/mol. The highest BCUT2D eigenvalue weighted by molar-refractivity contribution is 6.30. The van der Waals surface area contributed by atoms with Crippen molar-refractivity contribution in [3.05, 3.63) is 70.5 Å². The fraction of sp³-hybridized carbons (Fsp3) is 0.250. The van der Waals surface area contributed by atoms with E-state index < -0.39 is 35.7 Å². The summed E-state index contributed by atoms with van der Waals surface area (Å²) in [6, 6.07) is 12.0. The van der Waals surface area contributed by atoms with Crippen LogP contribution in [-0.4, -0.2) is 41.2 Å². The molecule has 0 bridgehead atoms. The van der Waals surface area contributed by atoms with Gasteiger partial charge < -0.3 is 10.2 Å². The lowest BCUT2D eigenvalue weighted by atomic mass is 9.92. The third-order valence-corrected chi connectivity index (χ3v) is 5.03. The average molecular weight is 404 g/mol. The van der Waals surface area contributed by atoms with Crippen LogP contribution in [0.3, 0.4) is 0 Å². The lowest BCUT2D eigenvalue weighted by Crippen LogP contribution is -2.43. The van der Waals surface area contributed by atoms with Gasteiger partial charge in [-0.1, -0.05) is 41.9 Å². The summed E-state index contributed by atoms with van der Waals surface area (Å²) in [7, 11) is 1.49. The highest BCUT2D eigenvalue weighted by atomic mass is 35.5. The minimum absolute atomic E-state index is 0.0314. The fourth-order valence-electron chi connectivity index (χ4n) is 3.05. The minimum atomic E-state index is -1.29. The van der Waals surface area contributed by atoms with Crippen LogP contribution in [-0.2, 0) is 21.7 Å². The molecule has 0 aliphatic carbocycles. The largest absolute Gasteiger partial charge is 0.340 e. The van der Waals surface area contributed by atoms with Crippen molar-refractivity contribution in [3.63, 3.8) is 0 Å². The maximum Gasteiger partial charge on any atom is 0.325 e. The van der Waals surface area contributed by atoms with Crippen LogP contribution < -0.4 is 5.32 Å². The van der Waals surface area contributed by atoms with E-state index in [9.17, 15) is 18.8 Å². The monoisotopic (exact) mass is 403 g/mol. The second-order valence-electron chi connectivity index (χ2n) is 6.79. The summed E-state index contributed by atoms with van der Waals surface area (Å²) in [6.45, 7) is 1.17. The van der Waals surface area contributed by atoms with Gasteiger partial charge in [0.05, 0.1) is 0 Å². The normalized spacial score (nSPS) is 18.9. The molecule has 4 amide bonds. The Bertz CT molecular complexity index is 935. The van der Waals surface area contributed by atoms with E-state index in [1.54, 1.807) is 49.4 Å². The van der Waals surface area contributed by atoms with Gasteiger partial charge in [0.1, 0.15) is 17.9 Å². The van der Waals surface area contributed by atoms with Crippen molar-refractivity contribution < 1.29 is 18.8 Å². The Balaban J connectivity index is 1.72. The number of rotatable bonds is 5. The third kappa shape index (κ3) is 3.71. The molecule has 3 rings (SSSR count). The number of likely N-dealkylation sites (N-methyl/N-ethyl adjacent to an activating group) is 1. The van der Waals surface area contributed by atoms with Gasteiger partial charge in [-0.2, -0.15) is 0 Å². The Kier molecular flexibility index (Phi) is 5.38. The molecular weight excluding hydrogens is 385 g/mol. The van der Waals surface area contributed by atoms with Crippen molar-refractivity contribution in [1.29, 1.82) is 0 Å². The first-order valence-electron chi connectivity index (χ1n) is 8.60. The van der Waals surface area contributed by atoms with Crippen LogP contribution in [0.2, 0.25) is 5.02 Å². The number of hydrogen-bond acceptors (Lipinski definition) is 3. The summed E-state index contributed by atoms with van der Waals surface area (Å²) in [5.74, 6) is -1.44. The topological polar surface area (TPSA) is 69.7 Å². The number of nitrogens with zero attached hydrogens (tertiary/aromatic N) is 2. The Hall–Kier alpha value is -2.93. The van der Waals surface area contributed by atoms with Gasteiger partial charge in [-0.25, -0.2) is 9.18 Å². The van der Waals surface area contributed by atoms with E-state index in [0.717, 1.165) is 4.90 Å². The van der Waals surface area contributed by atoms with E-state index in [2.05, 4.69) is 5.32 Å². The molecular formula is C20H19ClFN3O3. The standard InChI is InChI=1S/C20H19ClFN3O3/c1-20(14-7-9-15(21)10-8-14)18(27)25(19(28)23-20)12-17(26)24(2)11-13-5-3-4-6-16(13)22/h3-10H,11-12H2,1-2H3,(H,23,28). The van der Waals surface area contributed by atoms with E-state index in [-0.39, 0.29) is 6.54 Å². The molecule has 0 aromatic heterocycles. The van der Waals surface area contributed by atoms with Crippen LogP contribution >= 0.6 is 11.6 Å². The molecule has 1 unspecified atom stereocenters. The van der Waals surface area contributed by atoms with Gasteiger partial charge in [0, 0.05) is 24.2 Å². The van der Waals surface area contributed by atoms with Crippen LogP contribution in [0.15, 0.2) is 48.5 Å². The lowest BCUT2D eigenvalue weighted by molar-refractivity contribution is -0.138. The quantitative estimate of drug-likeness (QED) is 0.780. The molecule has 1 aliphatic heterocycles. The van der Waals surface area contributed by atoms with Crippen molar-refractivity contribution in [2.45, 2.75) is 19.0 Å². The van der Waals surface area contributed by atoms with Crippen LogP contribution in [0.1, 0.15) is 18.1 Å². The zero-order valence-corrected chi connectivity index (χ0v) is 16.2. The molecule has 1 saturated heterocycles. The zero-order valence-electron chi connectivity index (χ0n) is 15.4. The fourth-order valence-corrected chi connectivity index (χ4v) is 3.17. The molecule has 2 aromatic rings. The number of hydrogen-bond donors (Lipinski definition) is 1. The zero-order chi connectivity index (χ0) is 20.5. The van der Waals surface area contributed by atoms with Crippen molar-refractivity contribution in [1.82, 2.24) is 15.1 Å². The summed E-state index contributed by atoms with van der Waals surface area (Å²) in [6.07, 6.45) is 0. The molecule has 0 spiro atoms. The highest BCUT2D eigenvalue weighted by Gasteiger charge is 2.49.